The molecule has 0 aliphatic heterocycles. The van der Waals surface area contributed by atoms with Crippen molar-refractivity contribution < 1.29 is 19.4 Å². The Morgan fingerprint density at radius 1 is 1.35 bits per heavy atom. The first kappa shape index (κ1) is 16.4. The highest BCUT2D eigenvalue weighted by atomic mass is 79.9. The largest absolute Gasteiger partial charge is 0.480 e. The molecule has 0 saturated carbocycles. The highest BCUT2D eigenvalue weighted by Crippen LogP contribution is 2.10. The Kier molecular flexibility index (Phi) is 6.97. The van der Waals surface area contributed by atoms with Gasteiger partial charge in [0.15, 0.2) is 0 Å². The number of hydrogen-bond acceptors (Lipinski definition) is 3. The smallest absolute Gasteiger partial charge is 0.326 e. The molecule has 1 aromatic rings. The predicted octanol–water partition coefficient (Wildman–Crippen LogP) is 2.07. The molecule has 5 nitrogen and oxygen atoms in total. The van der Waals surface area contributed by atoms with Crippen LogP contribution in [0.25, 0.3) is 0 Å². The fraction of sp³-hybridized carbons (Fsp3) is 0.286. The molecule has 1 rings (SSSR count). The van der Waals surface area contributed by atoms with Crippen molar-refractivity contribution in [2.75, 3.05) is 6.61 Å². The van der Waals surface area contributed by atoms with Crippen LogP contribution < -0.4 is 5.32 Å². The molecule has 2 N–H and O–H groups in total. The van der Waals surface area contributed by atoms with Gasteiger partial charge in [0.25, 0.3) is 0 Å². The van der Waals surface area contributed by atoms with Crippen molar-refractivity contribution in [3.8, 4) is 0 Å². The number of nitrogens with one attached hydrogen (secondary N) is 1. The standard InChI is InChI=1S/C14H16BrNO4/c1-10(15)7-12(14(18)19)16-13(17)9-20-8-11-5-3-2-4-6-11/h2-6,12H,1,7-9H2,(H,16,17)(H,18,19)/t12-/m1/s1. The lowest BCUT2D eigenvalue weighted by atomic mass is 10.2. The molecule has 20 heavy (non-hydrogen) atoms. The van der Waals surface area contributed by atoms with E-state index in [-0.39, 0.29) is 13.0 Å². The normalized spacial score (nSPS) is 11.7. The van der Waals surface area contributed by atoms with Crippen LogP contribution >= 0.6 is 15.9 Å². The van der Waals surface area contributed by atoms with Crippen LogP contribution in [-0.4, -0.2) is 29.6 Å². The van der Waals surface area contributed by atoms with Gasteiger partial charge in [0.1, 0.15) is 12.6 Å². The molecule has 0 fully saturated rings. The molecule has 0 radical (unpaired) electrons. The minimum atomic E-state index is -1.11. The van der Waals surface area contributed by atoms with Crippen molar-refractivity contribution in [2.24, 2.45) is 0 Å². The second-order valence-electron chi connectivity index (χ2n) is 4.16. The number of carbonyl (C=O) groups is 2. The Hall–Kier alpha value is -1.66. The molecule has 6 heteroatoms. The third kappa shape index (κ3) is 6.49. The number of carboxylic acids is 1. The Morgan fingerprint density at radius 3 is 2.55 bits per heavy atom. The number of benzene rings is 1. The lowest BCUT2D eigenvalue weighted by Crippen LogP contribution is -2.42. The van der Waals surface area contributed by atoms with Gasteiger partial charge in [-0.05, 0) is 10.0 Å². The van der Waals surface area contributed by atoms with Crippen LogP contribution in [0.1, 0.15) is 12.0 Å². The number of amides is 1. The average Bonchev–Trinajstić information content (AvgIpc) is 2.38. The molecular weight excluding hydrogens is 326 g/mol. The Balaban J connectivity index is 2.35. The van der Waals surface area contributed by atoms with Gasteiger partial charge in [0.05, 0.1) is 6.61 Å². The van der Waals surface area contributed by atoms with E-state index in [4.69, 9.17) is 9.84 Å². The summed E-state index contributed by atoms with van der Waals surface area (Å²) in [5.41, 5.74) is 0.948. The van der Waals surface area contributed by atoms with Gasteiger partial charge in [-0.15, -0.1) is 0 Å². The van der Waals surface area contributed by atoms with E-state index in [1.807, 2.05) is 30.3 Å². The molecule has 0 aromatic heterocycles. The van der Waals surface area contributed by atoms with Crippen LogP contribution in [0.15, 0.2) is 41.4 Å². The minimum absolute atomic E-state index is 0.125. The monoisotopic (exact) mass is 341 g/mol. The van der Waals surface area contributed by atoms with Crippen LogP contribution in [0, 0.1) is 0 Å². The molecule has 0 unspecified atom stereocenters. The third-order valence-electron chi connectivity index (χ3n) is 2.40. The van der Waals surface area contributed by atoms with Gasteiger partial charge in [-0.25, -0.2) is 4.79 Å². The zero-order chi connectivity index (χ0) is 15.0. The maximum Gasteiger partial charge on any atom is 0.326 e. The Labute approximate surface area is 125 Å². The molecule has 0 heterocycles. The summed E-state index contributed by atoms with van der Waals surface area (Å²) in [5.74, 6) is -1.58. The zero-order valence-electron chi connectivity index (χ0n) is 10.8. The van der Waals surface area contributed by atoms with Crippen molar-refractivity contribution in [1.82, 2.24) is 5.32 Å². The first-order chi connectivity index (χ1) is 9.49. The van der Waals surface area contributed by atoms with E-state index in [1.54, 1.807) is 0 Å². The lowest BCUT2D eigenvalue weighted by molar-refractivity contribution is -0.142. The van der Waals surface area contributed by atoms with Crippen molar-refractivity contribution in [3.05, 3.63) is 47.0 Å². The number of carbonyl (C=O) groups excluding carboxylic acids is 1. The number of hydrogen-bond donors (Lipinski definition) is 2. The molecular formula is C14H16BrNO4. The first-order valence-corrected chi connectivity index (χ1v) is 6.75. The number of halogens is 1. The highest BCUT2D eigenvalue weighted by molar-refractivity contribution is 9.11. The summed E-state index contributed by atoms with van der Waals surface area (Å²) in [4.78, 5) is 22.5. The van der Waals surface area contributed by atoms with Crippen LogP contribution in [0.2, 0.25) is 0 Å². The van der Waals surface area contributed by atoms with E-state index >= 15 is 0 Å². The first-order valence-electron chi connectivity index (χ1n) is 5.96. The number of carboxylic acid groups (broad SMARTS) is 1. The van der Waals surface area contributed by atoms with E-state index in [1.165, 1.54) is 0 Å². The second-order valence-corrected chi connectivity index (χ2v) is 5.28. The molecule has 0 spiro atoms. The molecule has 0 aliphatic carbocycles. The SMILES string of the molecule is C=C(Br)C[C@@H](NC(=O)COCc1ccccc1)C(=O)O. The molecule has 108 valence electrons. The van der Waals surface area contributed by atoms with Crippen LogP contribution in [0.5, 0.6) is 0 Å². The van der Waals surface area contributed by atoms with Gasteiger partial charge < -0.3 is 15.2 Å². The number of aliphatic carboxylic acids is 1. The van der Waals surface area contributed by atoms with E-state index in [0.717, 1.165) is 5.56 Å². The third-order valence-corrected chi connectivity index (χ3v) is 2.73. The van der Waals surface area contributed by atoms with E-state index in [2.05, 4.69) is 27.8 Å². The average molecular weight is 342 g/mol. The quantitative estimate of drug-likeness (QED) is 0.758. The maximum absolute atomic E-state index is 11.6. The molecule has 0 saturated heterocycles. The summed E-state index contributed by atoms with van der Waals surface area (Å²) in [6, 6.07) is 8.40. The molecule has 1 amide bonds. The van der Waals surface area contributed by atoms with E-state index in [9.17, 15) is 9.59 Å². The van der Waals surface area contributed by atoms with Gasteiger partial charge in [-0.3, -0.25) is 4.79 Å². The van der Waals surface area contributed by atoms with E-state index < -0.39 is 17.9 Å². The van der Waals surface area contributed by atoms with Gasteiger partial charge in [0, 0.05) is 6.42 Å². The molecule has 1 aromatic carbocycles. The molecule has 1 atom stereocenters. The summed E-state index contributed by atoms with van der Waals surface area (Å²) in [7, 11) is 0. The second kappa shape index (κ2) is 8.50. The zero-order valence-corrected chi connectivity index (χ0v) is 12.4. The van der Waals surface area contributed by atoms with Crippen molar-refractivity contribution in [3.63, 3.8) is 0 Å². The van der Waals surface area contributed by atoms with Gasteiger partial charge in [-0.1, -0.05) is 52.8 Å². The minimum Gasteiger partial charge on any atom is -0.480 e. The lowest BCUT2D eigenvalue weighted by Gasteiger charge is -2.14. The summed E-state index contributed by atoms with van der Waals surface area (Å²) >= 11 is 3.08. The summed E-state index contributed by atoms with van der Waals surface area (Å²) < 4.78 is 5.74. The maximum atomic E-state index is 11.6. The van der Waals surface area contributed by atoms with E-state index in [0.29, 0.717) is 11.1 Å². The molecule has 0 bridgehead atoms. The summed E-state index contributed by atoms with van der Waals surface area (Å²) in [6.45, 7) is 3.67. The van der Waals surface area contributed by atoms with Crippen LogP contribution in [0.4, 0.5) is 0 Å². The van der Waals surface area contributed by atoms with Gasteiger partial charge in [-0.2, -0.15) is 0 Å². The van der Waals surface area contributed by atoms with Crippen LogP contribution in [-0.2, 0) is 20.9 Å². The summed E-state index contributed by atoms with van der Waals surface area (Å²) in [6.07, 6.45) is 0.125. The van der Waals surface area contributed by atoms with Crippen molar-refractivity contribution in [1.29, 1.82) is 0 Å². The van der Waals surface area contributed by atoms with Crippen LogP contribution in [0.3, 0.4) is 0 Å². The Bertz CT molecular complexity index is 475. The van der Waals surface area contributed by atoms with Gasteiger partial charge >= 0.3 is 5.97 Å². The van der Waals surface area contributed by atoms with Gasteiger partial charge in [0.2, 0.25) is 5.91 Å². The Morgan fingerprint density at radius 2 is 2.00 bits per heavy atom. The fourth-order valence-corrected chi connectivity index (χ4v) is 1.82. The summed E-state index contributed by atoms with van der Waals surface area (Å²) in [5, 5.41) is 11.3. The molecule has 0 aliphatic rings. The van der Waals surface area contributed by atoms with Crippen molar-refractivity contribution in [2.45, 2.75) is 19.1 Å². The highest BCUT2D eigenvalue weighted by Gasteiger charge is 2.20. The predicted molar refractivity (Wildman–Crippen MR) is 78.3 cm³/mol. The van der Waals surface area contributed by atoms with Crippen molar-refractivity contribution >= 4 is 27.8 Å². The topological polar surface area (TPSA) is 75.6 Å². The number of ether oxygens (including phenoxy) is 1. The number of rotatable bonds is 8. The fourth-order valence-electron chi connectivity index (χ4n) is 1.49.